The lowest BCUT2D eigenvalue weighted by Crippen LogP contribution is -2.57. The summed E-state index contributed by atoms with van der Waals surface area (Å²) in [5.74, 6) is 0.103. The third-order valence-electron chi connectivity index (χ3n) is 3.60. The van der Waals surface area contributed by atoms with Crippen molar-refractivity contribution < 1.29 is 9.53 Å². The Morgan fingerprint density at radius 2 is 2.12 bits per heavy atom. The van der Waals surface area contributed by atoms with Crippen LogP contribution in [0, 0.1) is 0 Å². The Labute approximate surface area is 101 Å². The molecule has 0 bridgehead atoms. The third-order valence-corrected chi connectivity index (χ3v) is 3.60. The van der Waals surface area contributed by atoms with E-state index < -0.39 is 0 Å². The number of carbonyl (C=O) groups excluding carboxylic acids is 1. The van der Waals surface area contributed by atoms with E-state index in [4.69, 9.17) is 4.74 Å². The number of nitrogens with zero attached hydrogens (tertiary/aromatic N) is 1. The molecule has 1 fully saturated rings. The van der Waals surface area contributed by atoms with Crippen molar-refractivity contribution in [2.75, 3.05) is 20.1 Å². The van der Waals surface area contributed by atoms with Gasteiger partial charge in [-0.3, -0.25) is 4.79 Å². The molecule has 0 spiro atoms. The smallest absolute Gasteiger partial charge is 0.253 e. The SMILES string of the molecule is CN(C(=O)c1ccc2c(c1)COC2)C1CNC1. The van der Waals surface area contributed by atoms with Gasteiger partial charge in [-0.15, -0.1) is 0 Å². The summed E-state index contributed by atoms with van der Waals surface area (Å²) in [6.07, 6.45) is 0. The van der Waals surface area contributed by atoms with Crippen LogP contribution in [0.5, 0.6) is 0 Å². The molecule has 1 amide bonds. The van der Waals surface area contributed by atoms with Gasteiger partial charge in [-0.05, 0) is 23.3 Å². The Morgan fingerprint density at radius 3 is 2.82 bits per heavy atom. The molecule has 4 heteroatoms. The number of carbonyl (C=O) groups is 1. The fraction of sp³-hybridized carbons (Fsp3) is 0.462. The van der Waals surface area contributed by atoms with Crippen molar-refractivity contribution in [1.82, 2.24) is 10.2 Å². The van der Waals surface area contributed by atoms with Gasteiger partial charge in [0, 0.05) is 25.7 Å². The number of hydrogen-bond donors (Lipinski definition) is 1. The largest absolute Gasteiger partial charge is 0.372 e. The van der Waals surface area contributed by atoms with E-state index in [0.717, 1.165) is 24.2 Å². The quantitative estimate of drug-likeness (QED) is 0.818. The van der Waals surface area contributed by atoms with E-state index in [1.165, 1.54) is 5.56 Å². The first kappa shape index (κ1) is 10.7. The molecule has 2 aliphatic heterocycles. The lowest BCUT2D eigenvalue weighted by molar-refractivity contribution is 0.0681. The minimum atomic E-state index is 0.103. The van der Waals surface area contributed by atoms with Crippen LogP contribution in [0.25, 0.3) is 0 Å². The molecule has 17 heavy (non-hydrogen) atoms. The summed E-state index contributed by atoms with van der Waals surface area (Å²) in [6, 6.07) is 6.21. The van der Waals surface area contributed by atoms with E-state index in [1.807, 2.05) is 30.1 Å². The number of amides is 1. The summed E-state index contributed by atoms with van der Waals surface area (Å²) in [5.41, 5.74) is 3.12. The van der Waals surface area contributed by atoms with Crippen LogP contribution in [-0.2, 0) is 18.0 Å². The second kappa shape index (κ2) is 4.13. The summed E-state index contributed by atoms with van der Waals surface area (Å²) in [4.78, 5) is 14.1. The standard InChI is InChI=1S/C13H16N2O2/c1-15(12-5-14-6-12)13(16)9-2-3-10-7-17-8-11(10)4-9/h2-4,12,14H,5-8H2,1H3. The van der Waals surface area contributed by atoms with Gasteiger partial charge < -0.3 is 15.0 Å². The molecule has 0 atom stereocenters. The highest BCUT2D eigenvalue weighted by molar-refractivity contribution is 5.94. The molecule has 3 rings (SSSR count). The van der Waals surface area contributed by atoms with E-state index >= 15 is 0 Å². The first-order chi connectivity index (χ1) is 8.25. The Morgan fingerprint density at radius 1 is 1.35 bits per heavy atom. The van der Waals surface area contributed by atoms with Gasteiger partial charge in [-0.2, -0.15) is 0 Å². The fourth-order valence-electron chi connectivity index (χ4n) is 2.22. The van der Waals surface area contributed by atoms with Gasteiger partial charge >= 0.3 is 0 Å². The average Bonchev–Trinajstić information content (AvgIpc) is 2.72. The highest BCUT2D eigenvalue weighted by Gasteiger charge is 2.26. The maximum absolute atomic E-state index is 12.2. The normalized spacial score (nSPS) is 18.6. The molecule has 0 aromatic heterocycles. The lowest BCUT2D eigenvalue weighted by Gasteiger charge is -2.35. The van der Waals surface area contributed by atoms with Gasteiger partial charge in [0.25, 0.3) is 5.91 Å². The van der Waals surface area contributed by atoms with Gasteiger partial charge in [-0.25, -0.2) is 0 Å². The van der Waals surface area contributed by atoms with Crippen LogP contribution in [0.2, 0.25) is 0 Å². The van der Waals surface area contributed by atoms with Crippen molar-refractivity contribution in [3.63, 3.8) is 0 Å². The highest BCUT2D eigenvalue weighted by atomic mass is 16.5. The summed E-state index contributed by atoms with van der Waals surface area (Å²) in [5, 5.41) is 3.18. The molecular formula is C13H16N2O2. The van der Waals surface area contributed by atoms with E-state index in [-0.39, 0.29) is 5.91 Å². The molecule has 1 aromatic rings. The average molecular weight is 232 g/mol. The zero-order valence-corrected chi connectivity index (χ0v) is 9.90. The number of nitrogens with one attached hydrogen (secondary N) is 1. The van der Waals surface area contributed by atoms with Crippen LogP contribution in [0.4, 0.5) is 0 Å². The number of fused-ring (bicyclic) bond motifs is 1. The maximum Gasteiger partial charge on any atom is 0.253 e. The Kier molecular flexibility index (Phi) is 2.61. The summed E-state index contributed by atoms with van der Waals surface area (Å²) >= 11 is 0. The van der Waals surface area contributed by atoms with E-state index in [1.54, 1.807) is 0 Å². The molecule has 90 valence electrons. The van der Waals surface area contributed by atoms with Crippen LogP contribution >= 0.6 is 0 Å². The monoisotopic (exact) mass is 232 g/mol. The maximum atomic E-state index is 12.2. The third kappa shape index (κ3) is 1.83. The second-order valence-corrected chi connectivity index (χ2v) is 4.70. The minimum Gasteiger partial charge on any atom is -0.372 e. The topological polar surface area (TPSA) is 41.6 Å². The fourth-order valence-corrected chi connectivity index (χ4v) is 2.22. The minimum absolute atomic E-state index is 0.103. The number of ether oxygens (including phenoxy) is 1. The van der Waals surface area contributed by atoms with Crippen molar-refractivity contribution in [2.24, 2.45) is 0 Å². The number of hydrogen-bond acceptors (Lipinski definition) is 3. The van der Waals surface area contributed by atoms with Crippen LogP contribution in [-0.4, -0.2) is 37.0 Å². The predicted octanol–water partition coefficient (Wildman–Crippen LogP) is 0.761. The van der Waals surface area contributed by atoms with Gasteiger partial charge in [0.2, 0.25) is 0 Å². The van der Waals surface area contributed by atoms with Crippen LogP contribution in [0.15, 0.2) is 18.2 Å². The van der Waals surface area contributed by atoms with Crippen molar-refractivity contribution in [3.8, 4) is 0 Å². The van der Waals surface area contributed by atoms with Crippen molar-refractivity contribution in [2.45, 2.75) is 19.3 Å². The molecule has 2 aliphatic rings. The number of benzene rings is 1. The molecule has 1 aromatic carbocycles. The van der Waals surface area contributed by atoms with Crippen LogP contribution in [0.3, 0.4) is 0 Å². The Balaban J connectivity index is 1.81. The van der Waals surface area contributed by atoms with Crippen LogP contribution < -0.4 is 5.32 Å². The summed E-state index contributed by atoms with van der Waals surface area (Å²) < 4.78 is 5.36. The van der Waals surface area contributed by atoms with Gasteiger partial charge in [-0.1, -0.05) is 6.07 Å². The Hall–Kier alpha value is -1.39. The molecule has 0 unspecified atom stereocenters. The lowest BCUT2D eigenvalue weighted by atomic mass is 10.0. The summed E-state index contributed by atoms with van der Waals surface area (Å²) in [7, 11) is 1.87. The molecular weight excluding hydrogens is 216 g/mol. The first-order valence-corrected chi connectivity index (χ1v) is 5.93. The zero-order valence-electron chi connectivity index (χ0n) is 9.90. The predicted molar refractivity (Wildman–Crippen MR) is 63.7 cm³/mol. The molecule has 2 heterocycles. The van der Waals surface area contributed by atoms with E-state index in [0.29, 0.717) is 19.3 Å². The van der Waals surface area contributed by atoms with Gasteiger partial charge in [0.1, 0.15) is 0 Å². The van der Waals surface area contributed by atoms with Crippen LogP contribution in [0.1, 0.15) is 21.5 Å². The van der Waals surface area contributed by atoms with Crippen molar-refractivity contribution in [3.05, 3.63) is 34.9 Å². The number of rotatable bonds is 2. The molecule has 0 aliphatic carbocycles. The molecule has 1 N–H and O–H groups in total. The molecule has 0 radical (unpaired) electrons. The first-order valence-electron chi connectivity index (χ1n) is 5.93. The molecule has 0 saturated carbocycles. The second-order valence-electron chi connectivity index (χ2n) is 4.70. The zero-order chi connectivity index (χ0) is 11.8. The summed E-state index contributed by atoms with van der Waals surface area (Å²) in [6.45, 7) is 3.10. The van der Waals surface area contributed by atoms with Crippen molar-refractivity contribution >= 4 is 5.91 Å². The van der Waals surface area contributed by atoms with Gasteiger partial charge in [0.15, 0.2) is 0 Å². The molecule has 4 nitrogen and oxygen atoms in total. The van der Waals surface area contributed by atoms with Gasteiger partial charge in [0.05, 0.1) is 19.3 Å². The molecule has 1 saturated heterocycles. The Bertz CT molecular complexity index is 455. The van der Waals surface area contributed by atoms with E-state index in [9.17, 15) is 4.79 Å². The van der Waals surface area contributed by atoms with E-state index in [2.05, 4.69) is 5.32 Å². The number of likely N-dealkylation sites (N-methyl/N-ethyl adjacent to an activating group) is 1. The van der Waals surface area contributed by atoms with Crippen molar-refractivity contribution in [1.29, 1.82) is 0 Å². The highest BCUT2D eigenvalue weighted by Crippen LogP contribution is 2.21.